The van der Waals surface area contributed by atoms with Crippen molar-refractivity contribution in [2.75, 3.05) is 39.3 Å². The minimum absolute atomic E-state index is 0.0377. The molecule has 3 saturated carbocycles. The van der Waals surface area contributed by atoms with Crippen molar-refractivity contribution in [3.05, 3.63) is 82.9 Å². The second-order valence-corrected chi connectivity index (χ2v) is 18.3. The molecule has 0 spiro atoms. The molecule has 2 amide bonds. The van der Waals surface area contributed by atoms with E-state index < -0.39 is 22.2 Å². The summed E-state index contributed by atoms with van der Waals surface area (Å²) < 4.78 is 5.17. The number of nitrogens with zero attached hydrogens (tertiary/aromatic N) is 2. The number of rotatable bonds is 15. The lowest BCUT2D eigenvalue weighted by Crippen LogP contribution is -2.62. The number of halogens is 1. The van der Waals surface area contributed by atoms with Crippen LogP contribution in [0.2, 0.25) is 0 Å². The second-order valence-electron chi connectivity index (χ2n) is 17.0. The number of aliphatic hydroxyl groups is 2. The molecule has 1 heterocycles. The molecule has 4 aliphatic rings. The molecule has 1 unspecified atom stereocenters. The third-order valence-electron chi connectivity index (χ3n) is 13.4. The number of hydrogen-bond donors (Lipinski definition) is 4. The molecule has 0 radical (unpaired) electrons. The maximum absolute atomic E-state index is 14.3. The van der Waals surface area contributed by atoms with Gasteiger partial charge in [0, 0.05) is 49.1 Å². The molecule has 11 heteroatoms. The Morgan fingerprint density at radius 1 is 1.11 bits per heavy atom. The smallest absolute Gasteiger partial charge is 0.251 e. The SMILES string of the molecule is CCC(CCNC(=O)c1cc(-c2cccc(CN3O[C@@H](CO)[C@@H]([C@@H](O)I)[C@H]3C(=O)N[C@H]3C[C@H]4C[C@@H]([C@@H]3C)C4(C)C)c2OC)cc(N(C)C)c1)c1ccccc1C. The number of fused-ring (bicyclic) bond motifs is 2. The zero-order valence-electron chi connectivity index (χ0n) is 34.2. The molecule has 9 atom stereocenters. The molecule has 0 aromatic heterocycles. The van der Waals surface area contributed by atoms with E-state index in [9.17, 15) is 19.8 Å². The minimum atomic E-state index is -0.927. The van der Waals surface area contributed by atoms with Crippen molar-refractivity contribution < 1.29 is 29.4 Å². The first-order chi connectivity index (χ1) is 26.7. The van der Waals surface area contributed by atoms with Gasteiger partial charge in [0.05, 0.1) is 26.2 Å². The standard InChI is InChI=1S/C45H61IN4O6/c1-9-28(34-15-11-10-13-26(34)2)17-18-47-43(53)31-19-30(20-33(21-31)49(6)7)35-16-12-14-29(41(35)55-8)24-50-40(39(42(46)52)38(25-51)56-50)44(54)48-37-23-32-22-36(27(37)3)45(32,4)5/h10-16,19-21,27-28,32,36-40,42,51-52H,9,17-18,22-25H2,1-8H3,(H,47,53)(H,48,54)/t27-,28?,32+,36-,37-,38-,39+,40-,42+/m0/s1. The number of aliphatic hydroxyl groups excluding tert-OH is 2. The number of hydrogen-bond acceptors (Lipinski definition) is 8. The van der Waals surface area contributed by atoms with Gasteiger partial charge in [0.1, 0.15) is 22.0 Å². The van der Waals surface area contributed by atoms with Crippen LogP contribution in [0.1, 0.15) is 86.3 Å². The lowest BCUT2D eigenvalue weighted by Gasteiger charge is -2.62. The molecular weight excluding hydrogens is 819 g/mol. The highest BCUT2D eigenvalue weighted by Crippen LogP contribution is 2.61. The highest BCUT2D eigenvalue weighted by Gasteiger charge is 2.57. The van der Waals surface area contributed by atoms with Crippen molar-refractivity contribution in [2.45, 2.75) is 95.1 Å². The third kappa shape index (κ3) is 8.48. The Hall–Kier alpha value is -3.23. The summed E-state index contributed by atoms with van der Waals surface area (Å²) in [4.78, 5) is 36.3. The summed E-state index contributed by atoms with van der Waals surface area (Å²) >= 11 is 1.92. The molecule has 7 rings (SSSR count). The third-order valence-corrected chi connectivity index (χ3v) is 14.2. The van der Waals surface area contributed by atoms with Crippen LogP contribution >= 0.6 is 22.6 Å². The number of benzene rings is 3. The molecular formula is C45H61IN4O6. The molecule has 4 fully saturated rings. The Bertz CT molecular complexity index is 1870. The van der Waals surface area contributed by atoms with Gasteiger partial charge in [0.25, 0.3) is 5.91 Å². The maximum Gasteiger partial charge on any atom is 0.251 e. The molecule has 304 valence electrons. The van der Waals surface area contributed by atoms with Crippen molar-refractivity contribution in [1.82, 2.24) is 15.7 Å². The van der Waals surface area contributed by atoms with E-state index in [-0.39, 0.29) is 36.4 Å². The van der Waals surface area contributed by atoms with Crippen molar-refractivity contribution in [2.24, 2.45) is 29.1 Å². The normalized spacial score (nSPS) is 26.5. The van der Waals surface area contributed by atoms with Crippen molar-refractivity contribution in [3.63, 3.8) is 0 Å². The summed E-state index contributed by atoms with van der Waals surface area (Å²) in [5, 5.41) is 29.5. The van der Waals surface area contributed by atoms with Crippen LogP contribution < -0.4 is 20.3 Å². The number of aryl methyl sites for hydroxylation is 1. The summed E-state index contributed by atoms with van der Waals surface area (Å²) in [5.41, 5.74) is 6.65. The number of anilines is 1. The van der Waals surface area contributed by atoms with Crippen molar-refractivity contribution in [3.8, 4) is 16.9 Å². The van der Waals surface area contributed by atoms with Gasteiger partial charge in [0.15, 0.2) is 0 Å². The number of nitrogens with one attached hydrogen (secondary N) is 2. The van der Waals surface area contributed by atoms with Gasteiger partial charge in [-0.3, -0.25) is 14.4 Å². The zero-order chi connectivity index (χ0) is 40.5. The fraction of sp³-hybridized carbons (Fsp3) is 0.556. The zero-order valence-corrected chi connectivity index (χ0v) is 36.4. The average molecular weight is 881 g/mol. The number of alkyl halides is 1. The summed E-state index contributed by atoms with van der Waals surface area (Å²) in [5.74, 6) is 1.41. The molecule has 4 N–H and O–H groups in total. The van der Waals surface area contributed by atoms with Crippen LogP contribution in [0.3, 0.4) is 0 Å². The maximum atomic E-state index is 14.3. The van der Waals surface area contributed by atoms with Crippen LogP contribution in [-0.2, 0) is 16.2 Å². The highest BCUT2D eigenvalue weighted by molar-refractivity contribution is 14.1. The number of hydroxylamine groups is 2. The topological polar surface area (TPSA) is 124 Å². The lowest BCUT2D eigenvalue weighted by atomic mass is 9.45. The van der Waals surface area contributed by atoms with Crippen LogP contribution in [0.5, 0.6) is 5.75 Å². The Morgan fingerprint density at radius 3 is 2.48 bits per heavy atom. The van der Waals surface area contributed by atoms with Gasteiger partial charge < -0.3 is 30.5 Å². The van der Waals surface area contributed by atoms with Gasteiger partial charge in [-0.2, -0.15) is 5.06 Å². The largest absolute Gasteiger partial charge is 0.496 e. The first kappa shape index (κ1) is 42.4. The van der Waals surface area contributed by atoms with E-state index >= 15 is 0 Å². The summed E-state index contributed by atoms with van der Waals surface area (Å²) in [6.07, 6.45) is 3.20. The van der Waals surface area contributed by atoms with Crippen LogP contribution in [-0.4, -0.2) is 83.7 Å². The van der Waals surface area contributed by atoms with Gasteiger partial charge in [0.2, 0.25) is 5.91 Å². The summed E-state index contributed by atoms with van der Waals surface area (Å²) in [6, 6.07) is 19.3. The van der Waals surface area contributed by atoms with Crippen LogP contribution in [0, 0.1) is 36.0 Å². The monoisotopic (exact) mass is 880 g/mol. The Morgan fingerprint density at radius 2 is 1.86 bits per heavy atom. The molecule has 10 nitrogen and oxygen atoms in total. The number of carbonyl (C=O) groups excluding carboxylic acids is 2. The van der Waals surface area contributed by atoms with Gasteiger partial charge in [-0.1, -0.05) is 92.8 Å². The lowest BCUT2D eigenvalue weighted by molar-refractivity contribution is -0.183. The minimum Gasteiger partial charge on any atom is -0.496 e. The van der Waals surface area contributed by atoms with Gasteiger partial charge in [-0.25, -0.2) is 0 Å². The molecule has 1 aliphatic heterocycles. The number of para-hydroxylation sites is 1. The van der Waals surface area contributed by atoms with E-state index in [1.807, 2.05) is 78.0 Å². The molecule has 2 bridgehead atoms. The van der Waals surface area contributed by atoms with Crippen LogP contribution in [0.15, 0.2) is 60.7 Å². The average Bonchev–Trinajstić information content (AvgIpc) is 3.55. The van der Waals surface area contributed by atoms with Crippen LogP contribution in [0.25, 0.3) is 11.1 Å². The van der Waals surface area contributed by atoms with E-state index in [0.717, 1.165) is 41.6 Å². The molecule has 3 aliphatic carbocycles. The first-order valence-electron chi connectivity index (χ1n) is 20.2. The number of amides is 2. The number of carbonyl (C=O) groups is 2. The predicted molar refractivity (Wildman–Crippen MR) is 230 cm³/mol. The Balaban J connectivity index is 1.24. The summed E-state index contributed by atoms with van der Waals surface area (Å²) in [7, 11) is 5.52. The Kier molecular flexibility index (Phi) is 13.4. The van der Waals surface area contributed by atoms with E-state index in [1.165, 1.54) is 17.5 Å². The predicted octanol–water partition coefficient (Wildman–Crippen LogP) is 7.08. The first-order valence-corrected chi connectivity index (χ1v) is 21.4. The quantitative estimate of drug-likeness (QED) is 0.0945. The summed E-state index contributed by atoms with van der Waals surface area (Å²) in [6.45, 7) is 11.6. The van der Waals surface area contributed by atoms with E-state index in [0.29, 0.717) is 41.5 Å². The molecule has 1 saturated heterocycles. The fourth-order valence-electron chi connectivity index (χ4n) is 9.83. The highest BCUT2D eigenvalue weighted by atomic mass is 127. The van der Waals surface area contributed by atoms with Gasteiger partial charge in [-0.15, -0.1) is 0 Å². The number of methoxy groups -OCH3 is 1. The van der Waals surface area contributed by atoms with E-state index in [4.69, 9.17) is 9.57 Å². The molecule has 3 aromatic carbocycles. The molecule has 56 heavy (non-hydrogen) atoms. The fourth-order valence-corrected chi connectivity index (χ4v) is 10.7. The van der Waals surface area contributed by atoms with Crippen LogP contribution in [0.4, 0.5) is 5.69 Å². The van der Waals surface area contributed by atoms with Crippen molar-refractivity contribution >= 4 is 40.1 Å². The van der Waals surface area contributed by atoms with Crippen molar-refractivity contribution in [1.29, 1.82) is 0 Å². The van der Waals surface area contributed by atoms with E-state index in [2.05, 4.69) is 69.5 Å². The van der Waals surface area contributed by atoms with E-state index in [1.54, 1.807) is 12.2 Å². The number of ether oxygens (including phenoxy) is 1. The van der Waals surface area contributed by atoms with Gasteiger partial charge in [-0.05, 0) is 96.6 Å². The second kappa shape index (κ2) is 17.7. The Labute approximate surface area is 346 Å². The molecule has 3 aromatic rings. The van der Waals surface area contributed by atoms with Gasteiger partial charge >= 0.3 is 0 Å².